The van der Waals surface area contributed by atoms with E-state index < -0.39 is 11.6 Å². The highest BCUT2D eigenvalue weighted by Crippen LogP contribution is 2.24. The molecule has 1 saturated heterocycles. The van der Waals surface area contributed by atoms with Crippen LogP contribution in [0.25, 0.3) is 11.1 Å². The van der Waals surface area contributed by atoms with Crippen LogP contribution in [-0.4, -0.2) is 55.3 Å². The molecular weight excluding hydrogens is 398 g/mol. The zero-order valence-corrected chi connectivity index (χ0v) is 17.7. The first kappa shape index (κ1) is 21.1. The van der Waals surface area contributed by atoms with Gasteiger partial charge in [-0.3, -0.25) is 5.43 Å². The third-order valence-corrected chi connectivity index (χ3v) is 5.51. The Balaban J connectivity index is 1.41. The minimum Gasteiger partial charge on any atom is -0.366 e. The van der Waals surface area contributed by atoms with Crippen molar-refractivity contribution in [1.29, 1.82) is 0 Å². The molecule has 3 aromatic rings. The Labute approximate surface area is 181 Å². The molecule has 0 saturated carbocycles. The summed E-state index contributed by atoms with van der Waals surface area (Å²) in [6.45, 7) is 3.37. The number of rotatable bonds is 6. The van der Waals surface area contributed by atoms with Gasteiger partial charge in [-0.2, -0.15) is 0 Å². The van der Waals surface area contributed by atoms with E-state index >= 15 is 0 Å². The third-order valence-electron chi connectivity index (χ3n) is 5.51. The second-order valence-electron chi connectivity index (χ2n) is 7.62. The van der Waals surface area contributed by atoms with Crippen LogP contribution in [0.1, 0.15) is 5.56 Å². The summed E-state index contributed by atoms with van der Waals surface area (Å²) in [4.78, 5) is 13.1. The van der Waals surface area contributed by atoms with Crippen molar-refractivity contribution in [3.05, 3.63) is 72.1 Å². The van der Waals surface area contributed by atoms with Crippen molar-refractivity contribution in [1.82, 2.24) is 20.4 Å². The number of anilines is 2. The van der Waals surface area contributed by atoms with Crippen LogP contribution in [0.3, 0.4) is 0 Å². The molecule has 6 nitrogen and oxygen atoms in total. The summed E-state index contributed by atoms with van der Waals surface area (Å²) in [5.74, 6) is -0.431. The second-order valence-corrected chi connectivity index (χ2v) is 7.62. The molecule has 8 heteroatoms. The zero-order valence-electron chi connectivity index (χ0n) is 17.7. The van der Waals surface area contributed by atoms with Gasteiger partial charge in [0.15, 0.2) is 0 Å². The van der Waals surface area contributed by atoms with Crippen molar-refractivity contribution >= 4 is 11.6 Å². The Morgan fingerprint density at radius 1 is 0.935 bits per heavy atom. The van der Waals surface area contributed by atoms with Gasteiger partial charge in [0.05, 0.1) is 5.69 Å². The zero-order chi connectivity index (χ0) is 21.8. The van der Waals surface area contributed by atoms with E-state index in [-0.39, 0.29) is 0 Å². The van der Waals surface area contributed by atoms with Crippen LogP contribution < -0.4 is 15.2 Å². The Morgan fingerprint density at radius 3 is 2.32 bits per heavy atom. The minimum atomic E-state index is -0.562. The molecule has 0 bridgehead atoms. The lowest BCUT2D eigenvalue weighted by atomic mass is 10.1. The fourth-order valence-corrected chi connectivity index (χ4v) is 3.72. The summed E-state index contributed by atoms with van der Waals surface area (Å²) in [6.07, 6.45) is 3.69. The molecule has 1 aliphatic rings. The fourth-order valence-electron chi connectivity index (χ4n) is 3.72. The lowest BCUT2D eigenvalue weighted by Crippen LogP contribution is -2.47. The van der Waals surface area contributed by atoms with Crippen molar-refractivity contribution in [2.24, 2.45) is 0 Å². The van der Waals surface area contributed by atoms with Gasteiger partial charge in [0.1, 0.15) is 11.6 Å². The molecule has 0 atom stereocenters. The van der Waals surface area contributed by atoms with E-state index in [1.54, 1.807) is 0 Å². The maximum atomic E-state index is 14.1. The number of nitrogens with zero attached hydrogens (tertiary/aromatic N) is 5. The van der Waals surface area contributed by atoms with Gasteiger partial charge in [-0.15, -0.1) is 0 Å². The fraction of sp³-hybridized carbons (Fsp3) is 0.304. The van der Waals surface area contributed by atoms with Gasteiger partial charge in [0, 0.05) is 63.8 Å². The summed E-state index contributed by atoms with van der Waals surface area (Å²) in [7, 11) is 3.89. The van der Waals surface area contributed by atoms with E-state index in [1.165, 1.54) is 17.7 Å². The van der Waals surface area contributed by atoms with E-state index in [0.29, 0.717) is 37.8 Å². The van der Waals surface area contributed by atoms with E-state index in [4.69, 9.17) is 0 Å². The average molecular weight is 424 g/mol. The third kappa shape index (κ3) is 4.98. The molecule has 31 heavy (non-hydrogen) atoms. The molecule has 0 spiro atoms. The summed E-state index contributed by atoms with van der Waals surface area (Å²) >= 11 is 0. The second kappa shape index (κ2) is 9.36. The molecule has 0 unspecified atom stereocenters. The first-order valence-corrected chi connectivity index (χ1v) is 10.3. The molecule has 0 aliphatic carbocycles. The van der Waals surface area contributed by atoms with Crippen molar-refractivity contribution < 1.29 is 8.78 Å². The lowest BCUT2D eigenvalue weighted by Gasteiger charge is -2.36. The molecule has 2 heterocycles. The first-order chi connectivity index (χ1) is 15.0. The van der Waals surface area contributed by atoms with Crippen LogP contribution in [0.15, 0.2) is 54.9 Å². The monoisotopic (exact) mass is 424 g/mol. The normalized spacial score (nSPS) is 14.4. The van der Waals surface area contributed by atoms with E-state index in [1.807, 2.05) is 42.5 Å². The molecule has 4 rings (SSSR count). The average Bonchev–Trinajstić information content (AvgIpc) is 2.79. The Morgan fingerprint density at radius 2 is 1.65 bits per heavy atom. The van der Waals surface area contributed by atoms with Gasteiger partial charge in [0.2, 0.25) is 5.95 Å². The predicted octanol–water partition coefficient (Wildman–Crippen LogP) is 3.31. The van der Waals surface area contributed by atoms with E-state index in [2.05, 4.69) is 38.5 Å². The Kier molecular flexibility index (Phi) is 6.39. The van der Waals surface area contributed by atoms with Gasteiger partial charge < -0.3 is 9.80 Å². The number of benzene rings is 2. The number of halogens is 2. The van der Waals surface area contributed by atoms with Crippen molar-refractivity contribution in [2.75, 3.05) is 50.1 Å². The van der Waals surface area contributed by atoms with Crippen LogP contribution in [0.5, 0.6) is 0 Å². The smallest absolute Gasteiger partial charge is 0.225 e. The van der Waals surface area contributed by atoms with E-state index in [0.717, 1.165) is 23.7 Å². The maximum Gasteiger partial charge on any atom is 0.225 e. The number of hydrogen-bond acceptors (Lipinski definition) is 6. The molecule has 1 aliphatic heterocycles. The molecule has 0 radical (unpaired) electrons. The number of hydrazine groups is 1. The quantitative estimate of drug-likeness (QED) is 0.613. The standard InChI is InChI=1S/C23H26F2N6/c1-26-29(2)16-17-4-3-5-18(12-17)19-14-27-23(28-15-19)31-10-8-30(9-11-31)22-7-6-20(24)13-21(22)25/h3-7,12-15,26H,8-11,16H2,1-2H3. The molecule has 1 fully saturated rings. The molecule has 0 amide bonds. The molecule has 2 aromatic carbocycles. The maximum absolute atomic E-state index is 14.1. The topological polar surface area (TPSA) is 47.5 Å². The van der Waals surface area contributed by atoms with Gasteiger partial charge in [-0.1, -0.05) is 18.2 Å². The van der Waals surface area contributed by atoms with Crippen molar-refractivity contribution in [3.8, 4) is 11.1 Å². The number of piperazine rings is 1. The predicted molar refractivity (Wildman–Crippen MR) is 119 cm³/mol. The Hall–Kier alpha value is -3.10. The van der Waals surface area contributed by atoms with E-state index in [9.17, 15) is 8.78 Å². The van der Waals surface area contributed by atoms with Gasteiger partial charge >= 0.3 is 0 Å². The summed E-state index contributed by atoms with van der Waals surface area (Å²) < 4.78 is 27.2. The highest BCUT2D eigenvalue weighted by atomic mass is 19.1. The Bertz CT molecular complexity index is 1020. The van der Waals surface area contributed by atoms with Gasteiger partial charge in [-0.05, 0) is 36.4 Å². The molecule has 162 valence electrons. The summed E-state index contributed by atoms with van der Waals surface area (Å²) in [5, 5.41) is 2.01. The van der Waals surface area contributed by atoms with Gasteiger partial charge in [-0.25, -0.2) is 23.8 Å². The number of aromatic nitrogens is 2. The number of nitrogens with one attached hydrogen (secondary N) is 1. The molecule has 1 N–H and O–H groups in total. The SMILES string of the molecule is CNN(C)Cc1cccc(-c2cnc(N3CCN(c4ccc(F)cc4F)CC3)nc2)c1. The van der Waals surface area contributed by atoms with Crippen LogP contribution >= 0.6 is 0 Å². The summed E-state index contributed by atoms with van der Waals surface area (Å²) in [5.41, 5.74) is 6.76. The highest BCUT2D eigenvalue weighted by molar-refractivity contribution is 5.63. The lowest BCUT2D eigenvalue weighted by molar-refractivity contribution is 0.252. The number of hydrogen-bond donors (Lipinski definition) is 1. The van der Waals surface area contributed by atoms with Gasteiger partial charge in [0.25, 0.3) is 0 Å². The largest absolute Gasteiger partial charge is 0.366 e. The minimum absolute atomic E-state index is 0.432. The molecular formula is C23H26F2N6. The molecule has 1 aromatic heterocycles. The van der Waals surface area contributed by atoms with Crippen molar-refractivity contribution in [2.45, 2.75) is 6.54 Å². The highest BCUT2D eigenvalue weighted by Gasteiger charge is 2.21. The summed E-state index contributed by atoms with van der Waals surface area (Å²) in [6, 6.07) is 12.0. The first-order valence-electron chi connectivity index (χ1n) is 10.3. The van der Waals surface area contributed by atoms with Crippen LogP contribution in [0.4, 0.5) is 20.4 Å². The van der Waals surface area contributed by atoms with Crippen LogP contribution in [0.2, 0.25) is 0 Å². The van der Waals surface area contributed by atoms with Crippen LogP contribution in [0, 0.1) is 11.6 Å². The van der Waals surface area contributed by atoms with Crippen molar-refractivity contribution in [3.63, 3.8) is 0 Å². The van der Waals surface area contributed by atoms with Crippen LogP contribution in [-0.2, 0) is 6.54 Å².